The summed E-state index contributed by atoms with van der Waals surface area (Å²) in [6.45, 7) is 40.8. The molecule has 3 aliphatic heterocycles. The largest absolute Gasteiger partial charge is 0.443 e. The molecule has 0 bridgehead atoms. The molecule has 0 spiro atoms. The second-order valence-corrected chi connectivity index (χ2v) is 33.1. The zero-order chi connectivity index (χ0) is 49.1. The van der Waals surface area contributed by atoms with Gasteiger partial charge >= 0.3 is 12.2 Å². The molecule has 13 heteroatoms. The monoisotopic (exact) mass is 935 g/mol. The number of imide groups is 2. The van der Waals surface area contributed by atoms with Crippen molar-refractivity contribution in [3.8, 4) is 0 Å². The van der Waals surface area contributed by atoms with Gasteiger partial charge in [-0.15, -0.1) is 0 Å². The normalized spacial score (nSPS) is 20.3. The van der Waals surface area contributed by atoms with Gasteiger partial charge in [-0.2, -0.15) is 0 Å². The number of hydrogen-bond donors (Lipinski definition) is 0. The molecule has 5 rings (SSSR count). The maximum absolute atomic E-state index is 13.6. The maximum atomic E-state index is 13.6. The number of rotatable bonds is 14. The fourth-order valence-electron chi connectivity index (χ4n) is 9.70. The lowest BCUT2D eigenvalue weighted by Gasteiger charge is -2.43. The Morgan fingerprint density at radius 3 is 1.68 bits per heavy atom. The first-order valence-electron chi connectivity index (χ1n) is 24.1. The Hall–Kier alpha value is -3.63. The molecule has 364 valence electrons. The number of benzene rings is 2. The van der Waals surface area contributed by atoms with Crippen molar-refractivity contribution in [3.63, 3.8) is 0 Å². The van der Waals surface area contributed by atoms with Gasteiger partial charge in [0.2, 0.25) is 5.91 Å². The number of carbonyl (C=O) groups excluding carboxylic acids is 4. The Morgan fingerprint density at radius 1 is 0.738 bits per heavy atom. The Bertz CT molecular complexity index is 1830. The van der Waals surface area contributed by atoms with Crippen LogP contribution in [0.1, 0.15) is 114 Å². The molecule has 2 fully saturated rings. The van der Waals surface area contributed by atoms with Crippen LogP contribution in [0.2, 0.25) is 36.3 Å². The summed E-state index contributed by atoms with van der Waals surface area (Å²) in [7, 11) is -3.12. The molecular formula is C52H86N4O7Si2. The minimum atomic E-state index is -2.15. The lowest BCUT2D eigenvalue weighted by atomic mass is 9.94. The molecule has 4 amide bonds. The number of carbonyl (C=O) groups is 4. The van der Waals surface area contributed by atoms with Crippen molar-refractivity contribution in [2.45, 2.75) is 176 Å². The third-order valence-corrected chi connectivity index (χ3v) is 19.8. The molecule has 65 heavy (non-hydrogen) atoms. The molecule has 11 nitrogen and oxygen atoms in total. The highest BCUT2D eigenvalue weighted by Gasteiger charge is 2.56. The summed E-state index contributed by atoms with van der Waals surface area (Å²) in [4.78, 5) is 57.4. The number of ether oxygens (including phenoxy) is 2. The van der Waals surface area contributed by atoms with Crippen LogP contribution in [0.25, 0.3) is 0 Å². The fourth-order valence-corrected chi connectivity index (χ4v) is 16.8. The van der Waals surface area contributed by atoms with Crippen molar-refractivity contribution in [3.05, 3.63) is 83.9 Å². The van der Waals surface area contributed by atoms with E-state index in [1.54, 1.807) is 26.8 Å². The average molecular weight is 935 g/mol. The lowest BCUT2D eigenvalue weighted by Crippen LogP contribution is -2.53. The van der Waals surface area contributed by atoms with Crippen molar-refractivity contribution >= 4 is 40.4 Å². The number of amides is 4. The molecule has 0 unspecified atom stereocenters. The Balaban J connectivity index is 0.000000307. The van der Waals surface area contributed by atoms with E-state index in [-0.39, 0.29) is 35.7 Å². The molecule has 0 saturated carbocycles. The van der Waals surface area contributed by atoms with Gasteiger partial charge in [-0.1, -0.05) is 142 Å². The van der Waals surface area contributed by atoms with Crippen LogP contribution in [-0.4, -0.2) is 116 Å². The molecule has 0 aliphatic carbocycles. The third kappa shape index (κ3) is 16.3. The lowest BCUT2D eigenvalue weighted by molar-refractivity contribution is -0.131. The Labute approximate surface area is 395 Å². The van der Waals surface area contributed by atoms with Crippen LogP contribution in [0, 0.1) is 11.8 Å². The summed E-state index contributed by atoms with van der Waals surface area (Å²) in [5.41, 5.74) is 2.74. The van der Waals surface area contributed by atoms with E-state index < -0.39 is 39.8 Å². The molecule has 2 saturated heterocycles. The van der Waals surface area contributed by atoms with E-state index in [1.807, 2.05) is 45.9 Å². The van der Waals surface area contributed by atoms with Crippen molar-refractivity contribution in [2.75, 3.05) is 32.4 Å². The number of hydrogen-bond acceptors (Lipinski definition) is 9. The van der Waals surface area contributed by atoms with Gasteiger partial charge in [0.15, 0.2) is 8.32 Å². The van der Waals surface area contributed by atoms with Crippen molar-refractivity contribution in [1.82, 2.24) is 19.6 Å². The third-order valence-electron chi connectivity index (χ3n) is 12.3. The van der Waals surface area contributed by atoms with Gasteiger partial charge in [0.05, 0.1) is 32.7 Å². The van der Waals surface area contributed by atoms with E-state index in [9.17, 15) is 19.2 Å². The molecule has 3 heterocycles. The first kappa shape index (κ1) is 55.7. The second kappa shape index (κ2) is 23.9. The van der Waals surface area contributed by atoms with E-state index in [1.165, 1.54) is 28.3 Å². The minimum absolute atomic E-state index is 0.0527. The van der Waals surface area contributed by atoms with E-state index >= 15 is 0 Å². The molecule has 2 aromatic carbocycles. The zero-order valence-corrected chi connectivity index (χ0v) is 45.3. The molecule has 0 radical (unpaired) electrons. The molecule has 2 aromatic rings. The first-order chi connectivity index (χ1) is 30.1. The van der Waals surface area contributed by atoms with Gasteiger partial charge in [-0.05, 0) is 88.4 Å². The summed E-state index contributed by atoms with van der Waals surface area (Å²) in [5, 5.41) is 0. The fraction of sp³-hybridized carbons (Fsp3) is 0.654. The standard InChI is InChI=1S/C28H46N2O4Si.C13H23NSi.C11H17NO3/c1-19(2)35(20(3)4,21(5)6)33-18-25-23-16-29(15-22-13-11-10-12-14-22)17-24(23)26(31)30(25)27(32)34-28(7,8)9;1-5-14(12-15(2,3)4)11-13-9-7-6-8-10-13;1-5-8-6-7-9(13)12(8)10(14)15-11(2,3)4/h10-14,19-21,23-25H,15-18H2,1-9H3;6-10H,5,11-12H2,1-4H3;6-8H,5H2,1-4H3/t23-,24+,25+;;8-/m0.1/s1. The van der Waals surface area contributed by atoms with Gasteiger partial charge < -0.3 is 18.8 Å². The van der Waals surface area contributed by atoms with Crippen LogP contribution in [0.15, 0.2) is 72.8 Å². The predicted octanol–water partition coefficient (Wildman–Crippen LogP) is 11.6. The van der Waals surface area contributed by atoms with Crippen LogP contribution >= 0.6 is 0 Å². The van der Waals surface area contributed by atoms with Crippen molar-refractivity contribution in [1.29, 1.82) is 0 Å². The maximum Gasteiger partial charge on any atom is 0.417 e. The second-order valence-electron chi connectivity index (χ2n) is 22.2. The predicted molar refractivity (Wildman–Crippen MR) is 270 cm³/mol. The van der Waals surface area contributed by atoms with Crippen LogP contribution in [0.4, 0.5) is 9.59 Å². The van der Waals surface area contributed by atoms with Crippen molar-refractivity contribution in [2.24, 2.45) is 11.8 Å². The number of fused-ring (bicyclic) bond motifs is 1. The van der Waals surface area contributed by atoms with Gasteiger partial charge in [0.25, 0.3) is 5.91 Å². The Kier molecular flexibility index (Phi) is 20.5. The summed E-state index contributed by atoms with van der Waals surface area (Å²) < 4.78 is 17.8. The average Bonchev–Trinajstić information content (AvgIpc) is 3.85. The number of likely N-dealkylation sites (tertiary alicyclic amines) is 2. The van der Waals surface area contributed by atoms with E-state index in [2.05, 4.69) is 120 Å². The molecule has 0 N–H and O–H groups in total. The van der Waals surface area contributed by atoms with Crippen molar-refractivity contribution < 1.29 is 33.1 Å². The van der Waals surface area contributed by atoms with Gasteiger partial charge in [0, 0.05) is 38.2 Å². The van der Waals surface area contributed by atoms with Crippen LogP contribution < -0.4 is 0 Å². The highest BCUT2D eigenvalue weighted by Crippen LogP contribution is 2.45. The highest BCUT2D eigenvalue weighted by atomic mass is 28.4. The first-order valence-corrected chi connectivity index (χ1v) is 30.0. The van der Waals surface area contributed by atoms with E-state index in [4.69, 9.17) is 13.9 Å². The summed E-state index contributed by atoms with van der Waals surface area (Å²) in [6, 6.07) is 20.7. The summed E-state index contributed by atoms with van der Waals surface area (Å²) in [6.07, 6.45) is 4.04. The topological polar surface area (TPSA) is 109 Å². The molecular weight excluding hydrogens is 849 g/mol. The van der Waals surface area contributed by atoms with Gasteiger partial charge in [-0.25, -0.2) is 19.4 Å². The van der Waals surface area contributed by atoms with Gasteiger partial charge in [0.1, 0.15) is 11.2 Å². The zero-order valence-electron chi connectivity index (χ0n) is 43.3. The number of nitrogens with zero attached hydrogens (tertiary/aromatic N) is 4. The van der Waals surface area contributed by atoms with Gasteiger partial charge in [-0.3, -0.25) is 14.5 Å². The van der Waals surface area contributed by atoms with Crippen LogP contribution in [0.5, 0.6) is 0 Å². The molecule has 0 aromatic heterocycles. The van der Waals surface area contributed by atoms with E-state index in [0.29, 0.717) is 36.2 Å². The summed E-state index contributed by atoms with van der Waals surface area (Å²) in [5.74, 6) is -0.555. The smallest absolute Gasteiger partial charge is 0.417 e. The SMILES string of the molecule is CC(C)[Si](OC[C@@H]1[C@H]2CN(Cc3ccccc3)C[C@H]2C(=O)N1C(=O)OC(C)(C)C)(C(C)C)C(C)C.CCN(Cc1ccccc1)C[Si](C)(C)C.CC[C@@H]1C=CC(=O)N1C(=O)OC(C)(C)C. The minimum Gasteiger partial charge on any atom is -0.443 e. The van der Waals surface area contributed by atoms with Crippen LogP contribution in [-0.2, 0) is 36.6 Å². The van der Waals surface area contributed by atoms with Crippen LogP contribution in [0.3, 0.4) is 0 Å². The molecule has 4 atom stereocenters. The highest BCUT2D eigenvalue weighted by molar-refractivity contribution is 6.77. The Morgan fingerprint density at radius 2 is 1.23 bits per heavy atom. The quantitative estimate of drug-likeness (QED) is 0.171. The van der Waals surface area contributed by atoms with E-state index in [0.717, 1.165) is 31.1 Å². The molecule has 3 aliphatic rings. The summed E-state index contributed by atoms with van der Waals surface area (Å²) >= 11 is 0.